The van der Waals surface area contributed by atoms with Crippen LogP contribution in [0.25, 0.3) is 0 Å². The Balaban J connectivity index is 2.36. The summed E-state index contributed by atoms with van der Waals surface area (Å²) in [5.41, 5.74) is 5.57. The Kier molecular flexibility index (Phi) is 6.98. The average Bonchev–Trinajstić information content (AvgIpc) is 2.52. The summed E-state index contributed by atoms with van der Waals surface area (Å²) in [4.78, 5) is 2.60. The molecule has 1 rings (SSSR count). The van der Waals surface area contributed by atoms with Crippen LogP contribution in [0, 0.1) is 0 Å². The summed E-state index contributed by atoms with van der Waals surface area (Å²) >= 11 is 0. The van der Waals surface area contributed by atoms with Crippen LogP contribution in [-0.2, 0) is 4.74 Å². The quantitative estimate of drug-likeness (QED) is 0.730. The summed E-state index contributed by atoms with van der Waals surface area (Å²) in [5.74, 6) is 0. The van der Waals surface area contributed by atoms with Gasteiger partial charge in [-0.1, -0.05) is 12.8 Å². The molecular weight excluding hydrogens is 188 g/mol. The number of hydrogen-bond acceptors (Lipinski definition) is 3. The first-order valence-corrected chi connectivity index (χ1v) is 6.31. The van der Waals surface area contributed by atoms with Crippen LogP contribution >= 0.6 is 0 Å². The summed E-state index contributed by atoms with van der Waals surface area (Å²) in [6, 6.07) is 0.594. The molecule has 0 aromatic carbocycles. The molecule has 1 fully saturated rings. The molecule has 2 N–H and O–H groups in total. The summed E-state index contributed by atoms with van der Waals surface area (Å²) in [7, 11) is 1.80. The standard InChI is InChI=1S/C12H26N2O/c1-15-11-12(7-6-8-13)14-9-4-2-3-5-10-14/h12H,2-11,13H2,1H3. The van der Waals surface area contributed by atoms with Crippen molar-refractivity contribution in [1.29, 1.82) is 0 Å². The molecule has 0 aromatic heterocycles. The topological polar surface area (TPSA) is 38.5 Å². The predicted molar refractivity (Wildman–Crippen MR) is 64.0 cm³/mol. The molecule has 90 valence electrons. The van der Waals surface area contributed by atoms with Crippen molar-refractivity contribution in [2.75, 3.05) is 33.4 Å². The van der Waals surface area contributed by atoms with E-state index in [1.54, 1.807) is 7.11 Å². The lowest BCUT2D eigenvalue weighted by Gasteiger charge is -2.30. The Labute approximate surface area is 94.0 Å². The molecular formula is C12H26N2O. The van der Waals surface area contributed by atoms with Gasteiger partial charge in [-0.15, -0.1) is 0 Å². The van der Waals surface area contributed by atoms with Crippen molar-refractivity contribution in [3.05, 3.63) is 0 Å². The van der Waals surface area contributed by atoms with E-state index in [0.717, 1.165) is 19.6 Å². The monoisotopic (exact) mass is 214 g/mol. The lowest BCUT2D eigenvalue weighted by molar-refractivity contribution is 0.0861. The summed E-state index contributed by atoms with van der Waals surface area (Å²) in [6.07, 6.45) is 7.79. The maximum absolute atomic E-state index is 5.57. The maximum atomic E-state index is 5.57. The first kappa shape index (κ1) is 12.9. The van der Waals surface area contributed by atoms with Gasteiger partial charge >= 0.3 is 0 Å². The van der Waals surface area contributed by atoms with Gasteiger partial charge in [-0.2, -0.15) is 0 Å². The second kappa shape index (κ2) is 8.08. The Hall–Kier alpha value is -0.120. The second-order valence-electron chi connectivity index (χ2n) is 4.49. The fraction of sp³-hybridized carbons (Fsp3) is 1.00. The van der Waals surface area contributed by atoms with Gasteiger partial charge in [-0.3, -0.25) is 4.90 Å². The summed E-state index contributed by atoms with van der Waals surface area (Å²) < 4.78 is 5.31. The van der Waals surface area contributed by atoms with Crippen molar-refractivity contribution in [1.82, 2.24) is 4.90 Å². The van der Waals surface area contributed by atoms with Crippen molar-refractivity contribution in [2.24, 2.45) is 5.73 Å². The highest BCUT2D eigenvalue weighted by molar-refractivity contribution is 4.74. The predicted octanol–water partition coefficient (Wildman–Crippen LogP) is 1.62. The van der Waals surface area contributed by atoms with Crippen molar-refractivity contribution in [2.45, 2.75) is 44.6 Å². The molecule has 3 nitrogen and oxygen atoms in total. The molecule has 0 aromatic rings. The maximum Gasteiger partial charge on any atom is 0.0618 e. The van der Waals surface area contributed by atoms with E-state index < -0.39 is 0 Å². The van der Waals surface area contributed by atoms with E-state index in [2.05, 4.69) is 4.90 Å². The molecule has 0 aliphatic carbocycles. The highest BCUT2D eigenvalue weighted by atomic mass is 16.5. The molecule has 3 heteroatoms. The fourth-order valence-electron chi connectivity index (χ4n) is 2.38. The van der Waals surface area contributed by atoms with Crippen LogP contribution in [0.1, 0.15) is 38.5 Å². The zero-order valence-corrected chi connectivity index (χ0v) is 10.1. The lowest BCUT2D eigenvalue weighted by Crippen LogP contribution is -2.39. The van der Waals surface area contributed by atoms with Crippen LogP contribution in [-0.4, -0.2) is 44.3 Å². The molecule has 1 aliphatic heterocycles. The minimum atomic E-state index is 0.594. The van der Waals surface area contributed by atoms with Crippen LogP contribution in [0.3, 0.4) is 0 Å². The van der Waals surface area contributed by atoms with Gasteiger partial charge in [0.1, 0.15) is 0 Å². The zero-order chi connectivity index (χ0) is 10.9. The third-order valence-electron chi connectivity index (χ3n) is 3.26. The number of rotatable bonds is 6. The van der Waals surface area contributed by atoms with E-state index in [1.165, 1.54) is 45.2 Å². The van der Waals surface area contributed by atoms with Crippen LogP contribution in [0.2, 0.25) is 0 Å². The number of hydrogen-bond donors (Lipinski definition) is 1. The van der Waals surface area contributed by atoms with Gasteiger partial charge in [0.25, 0.3) is 0 Å². The number of methoxy groups -OCH3 is 1. The molecule has 1 atom stereocenters. The largest absolute Gasteiger partial charge is 0.383 e. The highest BCUT2D eigenvalue weighted by Crippen LogP contribution is 2.15. The SMILES string of the molecule is COCC(CCCN)N1CCCCCC1. The van der Waals surface area contributed by atoms with Crippen LogP contribution in [0.4, 0.5) is 0 Å². The van der Waals surface area contributed by atoms with Gasteiger partial charge in [-0.05, 0) is 45.3 Å². The minimum Gasteiger partial charge on any atom is -0.383 e. The van der Waals surface area contributed by atoms with Crippen molar-refractivity contribution >= 4 is 0 Å². The molecule has 0 saturated carbocycles. The smallest absolute Gasteiger partial charge is 0.0618 e. The van der Waals surface area contributed by atoms with Crippen LogP contribution in [0.5, 0.6) is 0 Å². The molecule has 1 unspecified atom stereocenters. The number of ether oxygens (including phenoxy) is 1. The lowest BCUT2D eigenvalue weighted by atomic mass is 10.1. The molecule has 1 aliphatic rings. The highest BCUT2D eigenvalue weighted by Gasteiger charge is 2.18. The first-order valence-electron chi connectivity index (χ1n) is 6.31. The first-order chi connectivity index (χ1) is 7.38. The molecule has 1 heterocycles. The van der Waals surface area contributed by atoms with E-state index >= 15 is 0 Å². The molecule has 0 amide bonds. The molecule has 0 radical (unpaired) electrons. The van der Waals surface area contributed by atoms with Gasteiger partial charge < -0.3 is 10.5 Å². The molecule has 0 spiro atoms. The van der Waals surface area contributed by atoms with E-state index in [4.69, 9.17) is 10.5 Å². The molecule has 1 saturated heterocycles. The van der Waals surface area contributed by atoms with E-state index in [-0.39, 0.29) is 0 Å². The minimum absolute atomic E-state index is 0.594. The third kappa shape index (κ3) is 4.96. The number of nitrogens with zero attached hydrogens (tertiary/aromatic N) is 1. The number of likely N-dealkylation sites (tertiary alicyclic amines) is 1. The van der Waals surface area contributed by atoms with E-state index in [0.29, 0.717) is 6.04 Å². The Morgan fingerprint density at radius 1 is 1.20 bits per heavy atom. The Morgan fingerprint density at radius 3 is 2.40 bits per heavy atom. The van der Waals surface area contributed by atoms with E-state index in [1.807, 2.05) is 0 Å². The van der Waals surface area contributed by atoms with Crippen LogP contribution in [0.15, 0.2) is 0 Å². The zero-order valence-electron chi connectivity index (χ0n) is 10.1. The molecule has 0 bridgehead atoms. The summed E-state index contributed by atoms with van der Waals surface area (Å²) in [5, 5.41) is 0. The van der Waals surface area contributed by atoms with Gasteiger partial charge in [0.2, 0.25) is 0 Å². The van der Waals surface area contributed by atoms with Gasteiger partial charge in [-0.25, -0.2) is 0 Å². The Morgan fingerprint density at radius 2 is 1.87 bits per heavy atom. The molecule has 15 heavy (non-hydrogen) atoms. The number of nitrogens with two attached hydrogens (primary N) is 1. The van der Waals surface area contributed by atoms with Gasteiger partial charge in [0, 0.05) is 13.2 Å². The summed E-state index contributed by atoms with van der Waals surface area (Å²) in [6.45, 7) is 4.16. The normalized spacial score (nSPS) is 21.2. The Bertz CT molecular complexity index is 145. The third-order valence-corrected chi connectivity index (χ3v) is 3.26. The fourth-order valence-corrected chi connectivity index (χ4v) is 2.38. The van der Waals surface area contributed by atoms with Crippen molar-refractivity contribution < 1.29 is 4.74 Å². The average molecular weight is 214 g/mol. The van der Waals surface area contributed by atoms with Crippen LogP contribution < -0.4 is 5.73 Å². The van der Waals surface area contributed by atoms with E-state index in [9.17, 15) is 0 Å². The second-order valence-corrected chi connectivity index (χ2v) is 4.49. The van der Waals surface area contributed by atoms with Crippen molar-refractivity contribution in [3.63, 3.8) is 0 Å². The van der Waals surface area contributed by atoms with Gasteiger partial charge in [0.15, 0.2) is 0 Å². The van der Waals surface area contributed by atoms with Crippen molar-refractivity contribution in [3.8, 4) is 0 Å². The van der Waals surface area contributed by atoms with Gasteiger partial charge in [0.05, 0.1) is 6.61 Å².